The highest BCUT2D eigenvalue weighted by Crippen LogP contribution is 2.67. The molecule has 1 amide bonds. The lowest BCUT2D eigenvalue weighted by molar-refractivity contribution is -0.205. The zero-order valence-electron chi connectivity index (χ0n) is 20.8. The van der Waals surface area contributed by atoms with Crippen LogP contribution in [0.1, 0.15) is 91.4 Å². The minimum Gasteiger partial charge on any atom is -0.480 e. The van der Waals surface area contributed by atoms with E-state index in [-0.39, 0.29) is 35.5 Å². The summed E-state index contributed by atoms with van der Waals surface area (Å²) >= 11 is 0. The second-order valence-electron chi connectivity index (χ2n) is 12.4. The summed E-state index contributed by atoms with van der Waals surface area (Å²) in [6.45, 7) is 6.69. The van der Waals surface area contributed by atoms with Crippen LogP contribution in [0.4, 0.5) is 0 Å². The number of rotatable bonds is 6. The van der Waals surface area contributed by atoms with Gasteiger partial charge in [0.15, 0.2) is 0 Å². The Morgan fingerprint density at radius 1 is 1.03 bits per heavy atom. The average Bonchev–Trinajstić information content (AvgIpc) is 2.77. The maximum atomic E-state index is 12.1. The van der Waals surface area contributed by atoms with E-state index in [0.717, 1.165) is 38.5 Å². The lowest BCUT2D eigenvalue weighted by atomic mass is 9.40. The number of carbonyl (C=O) groups excluding carboxylic acids is 1. The second kappa shape index (κ2) is 9.49. The molecule has 0 aromatic heterocycles. The molecular weight excluding hydrogens is 418 g/mol. The zero-order valence-corrected chi connectivity index (χ0v) is 20.8. The molecule has 0 radical (unpaired) electrons. The van der Waals surface area contributed by atoms with Crippen LogP contribution >= 0.6 is 0 Å². The van der Waals surface area contributed by atoms with Crippen molar-refractivity contribution in [3.8, 4) is 0 Å². The van der Waals surface area contributed by atoms with E-state index in [1.165, 1.54) is 25.7 Å². The van der Waals surface area contributed by atoms with Crippen LogP contribution in [-0.2, 0) is 9.59 Å². The summed E-state index contributed by atoms with van der Waals surface area (Å²) in [4.78, 5) is 22.8. The molecule has 6 nitrogen and oxygen atoms in total. The number of hydrogen-bond acceptors (Lipinski definition) is 4. The smallest absolute Gasteiger partial charge is 0.322 e. The van der Waals surface area contributed by atoms with E-state index in [1.54, 1.807) is 0 Å². The van der Waals surface area contributed by atoms with Gasteiger partial charge in [-0.05, 0) is 104 Å². The van der Waals surface area contributed by atoms with Gasteiger partial charge in [-0.15, -0.1) is 0 Å². The van der Waals surface area contributed by atoms with Crippen LogP contribution < -0.4 is 5.32 Å². The molecule has 0 heterocycles. The summed E-state index contributed by atoms with van der Waals surface area (Å²) < 4.78 is 0. The topological polar surface area (TPSA) is 107 Å². The minimum atomic E-state index is -1.02. The van der Waals surface area contributed by atoms with Crippen LogP contribution in [0.15, 0.2) is 0 Å². The largest absolute Gasteiger partial charge is 0.480 e. The van der Waals surface area contributed by atoms with E-state index in [4.69, 9.17) is 5.11 Å². The second-order valence-corrected chi connectivity index (χ2v) is 12.4. The molecule has 0 aliphatic heterocycles. The Labute approximate surface area is 198 Å². The first-order valence-electron chi connectivity index (χ1n) is 13.4. The molecule has 6 heteroatoms. The van der Waals surface area contributed by atoms with E-state index >= 15 is 0 Å². The standard InChI is InChI=1S/C27H45NO5/c1-16(7-10-24(31)28-15-25(32)33)20-5-4-6-21-19-9-8-17-13-18(29)11-12-26(17,2)22(19)14-23(30)27(20,21)3/h16-23,29-30H,4-15H2,1-3H3,(H,28,31)(H,32,33)/t16-,17-,18-,19+,20?,21?,22?,23+,26+,27-/m1/s1. The summed E-state index contributed by atoms with van der Waals surface area (Å²) in [5.74, 6) is 1.80. The molecule has 4 saturated carbocycles. The fourth-order valence-corrected chi connectivity index (χ4v) is 9.18. The van der Waals surface area contributed by atoms with Gasteiger partial charge in [0.1, 0.15) is 6.54 Å². The van der Waals surface area contributed by atoms with Crippen molar-refractivity contribution in [3.05, 3.63) is 0 Å². The van der Waals surface area contributed by atoms with Crippen molar-refractivity contribution in [1.82, 2.24) is 5.32 Å². The normalized spacial score (nSPS) is 45.8. The van der Waals surface area contributed by atoms with Crippen molar-refractivity contribution in [2.75, 3.05) is 6.54 Å². The lowest BCUT2D eigenvalue weighted by Crippen LogP contribution is -2.62. The number of nitrogens with one attached hydrogen (secondary N) is 1. The number of aliphatic hydroxyl groups excluding tert-OH is 2. The zero-order chi connectivity index (χ0) is 24.0. The molecule has 0 spiro atoms. The molecule has 4 N–H and O–H groups in total. The fraction of sp³-hybridized carbons (Fsp3) is 0.926. The van der Waals surface area contributed by atoms with Crippen LogP contribution in [0, 0.1) is 46.3 Å². The summed E-state index contributed by atoms with van der Waals surface area (Å²) in [5.41, 5.74) is 0.124. The molecule has 0 aromatic carbocycles. The van der Waals surface area contributed by atoms with E-state index in [1.807, 2.05) is 0 Å². The summed E-state index contributed by atoms with van der Waals surface area (Å²) in [6.07, 6.45) is 10.3. The Balaban J connectivity index is 1.48. The quantitative estimate of drug-likeness (QED) is 0.477. The molecule has 4 aliphatic carbocycles. The van der Waals surface area contributed by atoms with E-state index in [2.05, 4.69) is 26.1 Å². The molecular formula is C27H45NO5. The third kappa shape index (κ3) is 4.47. The highest BCUT2D eigenvalue weighted by atomic mass is 16.4. The number of hydrogen-bond donors (Lipinski definition) is 4. The van der Waals surface area contributed by atoms with Gasteiger partial charge in [-0.2, -0.15) is 0 Å². The van der Waals surface area contributed by atoms with E-state index in [0.29, 0.717) is 41.9 Å². The third-order valence-corrected chi connectivity index (χ3v) is 11.0. The van der Waals surface area contributed by atoms with Gasteiger partial charge in [-0.3, -0.25) is 9.59 Å². The molecule has 188 valence electrons. The predicted octanol–water partition coefficient (Wildman–Crippen LogP) is 3.98. The van der Waals surface area contributed by atoms with Crippen molar-refractivity contribution < 1.29 is 24.9 Å². The number of amides is 1. The first-order chi connectivity index (χ1) is 15.6. The first-order valence-corrected chi connectivity index (χ1v) is 13.4. The maximum Gasteiger partial charge on any atom is 0.322 e. The van der Waals surface area contributed by atoms with Crippen LogP contribution in [-0.4, -0.2) is 45.9 Å². The summed E-state index contributed by atoms with van der Waals surface area (Å²) in [7, 11) is 0. The Morgan fingerprint density at radius 2 is 1.79 bits per heavy atom. The highest BCUT2D eigenvalue weighted by Gasteiger charge is 2.62. The highest BCUT2D eigenvalue weighted by molar-refractivity contribution is 5.81. The average molecular weight is 464 g/mol. The van der Waals surface area contributed by atoms with Crippen molar-refractivity contribution >= 4 is 11.9 Å². The number of carboxylic acid groups (broad SMARTS) is 1. The van der Waals surface area contributed by atoms with Crippen LogP contribution in [0.5, 0.6) is 0 Å². The van der Waals surface area contributed by atoms with E-state index in [9.17, 15) is 19.8 Å². The number of fused-ring (bicyclic) bond motifs is 5. The Kier molecular flexibility index (Phi) is 7.18. The van der Waals surface area contributed by atoms with Gasteiger partial charge in [0.05, 0.1) is 12.2 Å². The number of aliphatic carboxylic acids is 1. The Bertz CT molecular complexity index is 742. The fourth-order valence-electron chi connectivity index (χ4n) is 9.18. The number of carboxylic acids is 1. The first kappa shape index (κ1) is 25.0. The van der Waals surface area contributed by atoms with Crippen molar-refractivity contribution in [2.45, 2.75) is 104 Å². The molecule has 0 aromatic rings. The van der Waals surface area contributed by atoms with Crippen molar-refractivity contribution in [2.24, 2.45) is 46.3 Å². The Hall–Kier alpha value is -1.14. The van der Waals surface area contributed by atoms with Gasteiger partial charge in [0, 0.05) is 6.42 Å². The molecule has 10 atom stereocenters. The van der Waals surface area contributed by atoms with Crippen LogP contribution in [0.25, 0.3) is 0 Å². The minimum absolute atomic E-state index is 0.117. The summed E-state index contributed by atoms with van der Waals surface area (Å²) in [6, 6.07) is 0. The molecule has 3 unspecified atom stereocenters. The molecule has 0 saturated heterocycles. The SMILES string of the molecule is C[C@H](CCC(=O)NCC(=O)O)C1CCCC2[C@@H]3CC[C@@H]4C[C@H](O)CC[C@]4(C)C3C[C@H](O)[C@@]21C. The van der Waals surface area contributed by atoms with Crippen molar-refractivity contribution in [3.63, 3.8) is 0 Å². The predicted molar refractivity (Wildman–Crippen MR) is 126 cm³/mol. The van der Waals surface area contributed by atoms with Gasteiger partial charge >= 0.3 is 5.97 Å². The van der Waals surface area contributed by atoms with Crippen LogP contribution in [0.3, 0.4) is 0 Å². The van der Waals surface area contributed by atoms with Gasteiger partial charge < -0.3 is 20.6 Å². The van der Waals surface area contributed by atoms with Gasteiger partial charge in [0.2, 0.25) is 5.91 Å². The van der Waals surface area contributed by atoms with Gasteiger partial charge in [-0.25, -0.2) is 0 Å². The number of carbonyl (C=O) groups is 2. The molecule has 0 bridgehead atoms. The van der Waals surface area contributed by atoms with Crippen molar-refractivity contribution in [1.29, 1.82) is 0 Å². The molecule has 4 fully saturated rings. The molecule has 4 rings (SSSR count). The maximum absolute atomic E-state index is 12.1. The number of aliphatic hydroxyl groups is 2. The lowest BCUT2D eigenvalue weighted by Gasteiger charge is -2.65. The summed E-state index contributed by atoms with van der Waals surface area (Å²) in [5, 5.41) is 33.2. The monoisotopic (exact) mass is 463 g/mol. The third-order valence-electron chi connectivity index (χ3n) is 11.0. The van der Waals surface area contributed by atoms with Gasteiger partial charge in [-0.1, -0.05) is 27.2 Å². The van der Waals surface area contributed by atoms with E-state index < -0.39 is 5.97 Å². The molecule has 33 heavy (non-hydrogen) atoms. The molecule has 4 aliphatic rings. The Morgan fingerprint density at radius 3 is 2.52 bits per heavy atom. The van der Waals surface area contributed by atoms with Crippen LogP contribution in [0.2, 0.25) is 0 Å². The van der Waals surface area contributed by atoms with Gasteiger partial charge in [0.25, 0.3) is 0 Å².